The number of aryl methyl sites for hydroxylation is 1. The van der Waals surface area contributed by atoms with Gasteiger partial charge in [-0.05, 0) is 36.0 Å². The molecule has 0 aromatic heterocycles. The molecule has 0 saturated carbocycles. The van der Waals surface area contributed by atoms with Crippen molar-refractivity contribution in [1.29, 1.82) is 0 Å². The average Bonchev–Trinajstić information content (AvgIpc) is 2.34. The van der Waals surface area contributed by atoms with Crippen molar-refractivity contribution < 1.29 is 13.2 Å². The number of hydrogen-bond donors (Lipinski definition) is 2. The Balaban J connectivity index is 2.40. The summed E-state index contributed by atoms with van der Waals surface area (Å²) in [7, 11) is -3.66. The molecule has 3 N–H and O–H groups in total. The topological polar surface area (TPSA) is 89.3 Å². The monoisotopic (exact) mass is 312 g/mol. The van der Waals surface area contributed by atoms with Crippen LogP contribution < -0.4 is 10.5 Å². The van der Waals surface area contributed by atoms with Crippen LogP contribution in [0, 0.1) is 5.41 Å². The number of rotatable bonds is 6. The number of amides is 1. The molecule has 1 amide bonds. The van der Waals surface area contributed by atoms with Crippen molar-refractivity contribution in [3.8, 4) is 0 Å². The highest BCUT2D eigenvalue weighted by Crippen LogP contribution is 2.17. The average molecular weight is 312 g/mol. The molecule has 0 fully saturated rings. The lowest BCUT2D eigenvalue weighted by molar-refractivity contribution is -0.121. The predicted octanol–water partition coefficient (Wildman–Crippen LogP) is 1.82. The molecule has 1 rings (SSSR count). The van der Waals surface area contributed by atoms with E-state index in [0.717, 1.165) is 12.0 Å². The third-order valence-electron chi connectivity index (χ3n) is 3.09. The fraction of sp³-hybridized carbons (Fsp3) is 0.533. The first-order valence-corrected chi connectivity index (χ1v) is 8.51. The Hall–Kier alpha value is -1.40. The summed E-state index contributed by atoms with van der Waals surface area (Å²) >= 11 is 0. The van der Waals surface area contributed by atoms with Gasteiger partial charge >= 0.3 is 0 Å². The molecule has 0 bridgehead atoms. The number of nitrogens with two attached hydrogens (primary N) is 1. The van der Waals surface area contributed by atoms with Crippen LogP contribution >= 0.6 is 0 Å². The molecule has 0 aliphatic carbocycles. The lowest BCUT2D eigenvalue weighted by Crippen LogP contribution is -2.27. The van der Waals surface area contributed by atoms with Crippen molar-refractivity contribution in [3.63, 3.8) is 0 Å². The summed E-state index contributed by atoms with van der Waals surface area (Å²) in [4.78, 5) is 11.8. The van der Waals surface area contributed by atoms with Gasteiger partial charge in [-0.25, -0.2) is 13.6 Å². The number of carbonyl (C=O) groups excluding carboxylic acids is 1. The van der Waals surface area contributed by atoms with E-state index >= 15 is 0 Å². The summed E-state index contributed by atoms with van der Waals surface area (Å²) in [6.45, 7) is 7.07. The molecule has 1 aromatic rings. The summed E-state index contributed by atoms with van der Waals surface area (Å²) in [5.74, 6) is 0.00905. The summed E-state index contributed by atoms with van der Waals surface area (Å²) < 4.78 is 22.2. The molecule has 0 saturated heterocycles. The zero-order chi connectivity index (χ0) is 16.1. The van der Waals surface area contributed by atoms with E-state index in [-0.39, 0.29) is 16.2 Å². The molecule has 0 atom stereocenters. The summed E-state index contributed by atoms with van der Waals surface area (Å²) in [5, 5.41) is 7.92. The highest BCUT2D eigenvalue weighted by Gasteiger charge is 2.11. The molecule has 0 radical (unpaired) electrons. The van der Waals surface area contributed by atoms with Crippen LogP contribution in [0.25, 0.3) is 0 Å². The van der Waals surface area contributed by atoms with Crippen molar-refractivity contribution in [2.24, 2.45) is 10.6 Å². The van der Waals surface area contributed by atoms with Crippen molar-refractivity contribution in [1.82, 2.24) is 5.32 Å². The number of hydrogen-bond acceptors (Lipinski definition) is 3. The maximum Gasteiger partial charge on any atom is 0.238 e. The fourth-order valence-electron chi connectivity index (χ4n) is 1.77. The number of sulfonamides is 1. The number of benzene rings is 1. The Morgan fingerprint density at radius 1 is 1.19 bits per heavy atom. The zero-order valence-electron chi connectivity index (χ0n) is 12.8. The molecule has 0 aliphatic rings. The molecule has 5 nitrogen and oxygen atoms in total. The Kier molecular flexibility index (Phi) is 5.92. The standard InChI is InChI=1S/C15H24N2O3S/c1-15(2,3)10-11-17-14(18)9-6-12-4-7-13(8-5-12)21(16,19)20/h4-5,7-8H,6,9-11H2,1-3H3,(H,17,18)(H2,16,19,20). The van der Waals surface area contributed by atoms with Crippen molar-refractivity contribution in [2.45, 2.75) is 44.9 Å². The van der Waals surface area contributed by atoms with Gasteiger partial charge in [0.2, 0.25) is 15.9 Å². The van der Waals surface area contributed by atoms with Gasteiger partial charge in [-0.1, -0.05) is 32.9 Å². The van der Waals surface area contributed by atoms with Crippen molar-refractivity contribution >= 4 is 15.9 Å². The van der Waals surface area contributed by atoms with Gasteiger partial charge in [0.1, 0.15) is 0 Å². The van der Waals surface area contributed by atoms with E-state index in [1.54, 1.807) is 12.1 Å². The molecular formula is C15H24N2O3S. The van der Waals surface area contributed by atoms with E-state index in [9.17, 15) is 13.2 Å². The molecule has 6 heteroatoms. The van der Waals surface area contributed by atoms with Crippen LogP contribution in [0.4, 0.5) is 0 Å². The van der Waals surface area contributed by atoms with Crippen LogP contribution in [0.3, 0.4) is 0 Å². The highest BCUT2D eigenvalue weighted by molar-refractivity contribution is 7.89. The van der Waals surface area contributed by atoms with E-state index in [1.807, 2.05) is 0 Å². The van der Waals surface area contributed by atoms with Crippen LogP contribution in [0.15, 0.2) is 29.2 Å². The second-order valence-electron chi connectivity index (χ2n) is 6.35. The number of primary sulfonamides is 1. The lowest BCUT2D eigenvalue weighted by atomic mass is 9.92. The maximum absolute atomic E-state index is 11.7. The van der Waals surface area contributed by atoms with Gasteiger partial charge in [-0.15, -0.1) is 0 Å². The number of nitrogens with one attached hydrogen (secondary N) is 1. The second-order valence-corrected chi connectivity index (χ2v) is 7.91. The molecule has 0 aliphatic heterocycles. The first-order chi connectivity index (χ1) is 9.58. The second kappa shape index (κ2) is 7.04. The Bertz CT molecular complexity index is 572. The largest absolute Gasteiger partial charge is 0.356 e. The summed E-state index contributed by atoms with van der Waals surface area (Å²) in [6, 6.07) is 6.29. The van der Waals surface area contributed by atoms with Gasteiger partial charge in [0.15, 0.2) is 0 Å². The van der Waals surface area contributed by atoms with E-state index in [2.05, 4.69) is 26.1 Å². The van der Waals surface area contributed by atoms with Crippen LogP contribution in [0.2, 0.25) is 0 Å². The molecular weight excluding hydrogens is 288 g/mol. The summed E-state index contributed by atoms with van der Waals surface area (Å²) in [5.41, 5.74) is 1.12. The molecule has 0 heterocycles. The quantitative estimate of drug-likeness (QED) is 0.839. The highest BCUT2D eigenvalue weighted by atomic mass is 32.2. The Morgan fingerprint density at radius 3 is 2.24 bits per heavy atom. The third-order valence-corrected chi connectivity index (χ3v) is 4.02. The summed E-state index contributed by atoms with van der Waals surface area (Å²) in [6.07, 6.45) is 1.90. The minimum atomic E-state index is -3.66. The minimum Gasteiger partial charge on any atom is -0.356 e. The zero-order valence-corrected chi connectivity index (χ0v) is 13.7. The normalized spacial score (nSPS) is 12.2. The molecule has 21 heavy (non-hydrogen) atoms. The van der Waals surface area contributed by atoms with E-state index < -0.39 is 10.0 Å². The van der Waals surface area contributed by atoms with Crippen LogP contribution in [0.5, 0.6) is 0 Å². The van der Waals surface area contributed by atoms with Crippen molar-refractivity contribution in [3.05, 3.63) is 29.8 Å². The van der Waals surface area contributed by atoms with Gasteiger partial charge < -0.3 is 5.32 Å². The Morgan fingerprint density at radius 2 is 1.76 bits per heavy atom. The molecule has 1 aromatic carbocycles. The Labute approximate surface area is 127 Å². The predicted molar refractivity (Wildman–Crippen MR) is 83.2 cm³/mol. The van der Waals surface area contributed by atoms with Gasteiger partial charge in [0.05, 0.1) is 4.90 Å². The van der Waals surface area contributed by atoms with Gasteiger partial charge in [0, 0.05) is 13.0 Å². The first kappa shape index (κ1) is 17.7. The van der Waals surface area contributed by atoms with E-state index in [0.29, 0.717) is 19.4 Å². The van der Waals surface area contributed by atoms with Gasteiger partial charge in [0.25, 0.3) is 0 Å². The van der Waals surface area contributed by atoms with Crippen LogP contribution in [-0.4, -0.2) is 20.9 Å². The van der Waals surface area contributed by atoms with E-state index in [4.69, 9.17) is 5.14 Å². The molecule has 0 unspecified atom stereocenters. The fourth-order valence-corrected chi connectivity index (χ4v) is 2.28. The molecule has 118 valence electrons. The van der Waals surface area contributed by atoms with Gasteiger partial charge in [-0.3, -0.25) is 4.79 Å². The van der Waals surface area contributed by atoms with Gasteiger partial charge in [-0.2, -0.15) is 0 Å². The van der Waals surface area contributed by atoms with Crippen LogP contribution in [-0.2, 0) is 21.2 Å². The van der Waals surface area contributed by atoms with Crippen molar-refractivity contribution in [2.75, 3.05) is 6.54 Å². The molecule has 0 spiro atoms. The smallest absolute Gasteiger partial charge is 0.238 e. The number of carbonyl (C=O) groups is 1. The maximum atomic E-state index is 11.7. The third kappa shape index (κ3) is 7.24. The minimum absolute atomic E-state index is 0.00905. The lowest BCUT2D eigenvalue weighted by Gasteiger charge is -2.18. The van der Waals surface area contributed by atoms with Crippen LogP contribution in [0.1, 0.15) is 39.2 Å². The SMILES string of the molecule is CC(C)(C)CCNC(=O)CCc1ccc(S(N)(=O)=O)cc1. The first-order valence-electron chi connectivity index (χ1n) is 6.96. The van der Waals surface area contributed by atoms with E-state index in [1.165, 1.54) is 12.1 Å².